The smallest absolute Gasteiger partial charge is 0.0258 e. The summed E-state index contributed by atoms with van der Waals surface area (Å²) in [5, 5.41) is 0.562. The highest BCUT2D eigenvalue weighted by atomic mass is 32.2. The van der Waals surface area contributed by atoms with Crippen LogP contribution in [-0.2, 0) is 0 Å². The van der Waals surface area contributed by atoms with Crippen molar-refractivity contribution in [3.05, 3.63) is 0 Å². The van der Waals surface area contributed by atoms with Crippen molar-refractivity contribution in [2.45, 2.75) is 26.0 Å². The Hall–Kier alpha value is -0.240. The average Bonchev–Trinajstić information content (AvgIpc) is 1.95. The van der Waals surface area contributed by atoms with Crippen molar-refractivity contribution in [3.63, 3.8) is 0 Å². The highest BCUT2D eigenvalue weighted by Gasteiger charge is 2.25. The fourth-order valence-electron chi connectivity index (χ4n) is 1.17. The molecule has 0 fully saturated rings. The minimum atomic E-state index is -1.14. The summed E-state index contributed by atoms with van der Waals surface area (Å²) in [6.45, 7) is 6.47. The highest BCUT2D eigenvalue weighted by molar-refractivity contribution is 8.27. The molecule has 0 aromatic heterocycles. The Bertz CT molecular complexity index is 259. The van der Waals surface area contributed by atoms with Gasteiger partial charge in [0.25, 0.3) is 0 Å². The van der Waals surface area contributed by atoms with Crippen molar-refractivity contribution >= 4 is 26.8 Å². The monoisotopic (exact) mass is 157 g/mol. The zero-order chi connectivity index (χ0) is 7.94. The van der Waals surface area contributed by atoms with Crippen LogP contribution in [0, 0.1) is 5.92 Å². The first-order chi connectivity index (χ1) is 4.45. The number of nitrogens with zero attached hydrogens (tertiary/aromatic N) is 1. The van der Waals surface area contributed by atoms with Crippen molar-refractivity contribution in [1.29, 1.82) is 0 Å². The van der Waals surface area contributed by atoms with Gasteiger partial charge < -0.3 is 0 Å². The fraction of sp³-hybridized carbons (Fsp3) is 0.625. The lowest BCUT2D eigenvalue weighted by Crippen LogP contribution is -2.12. The zero-order valence-electron chi connectivity index (χ0n) is 6.92. The third-order valence-electron chi connectivity index (χ3n) is 2.38. The standard InChI is InChI=1S/C8H15NS/c1-6-7(2)9-10(4,5)8(6)3/h6,8H,4-5H2,1-3H3/t6-,8-/m1/s1. The number of hydrogen-bond donors (Lipinski definition) is 0. The fourth-order valence-corrected chi connectivity index (χ4v) is 3.04. The van der Waals surface area contributed by atoms with Gasteiger partial charge >= 0.3 is 0 Å². The predicted molar refractivity (Wildman–Crippen MR) is 53.6 cm³/mol. The first kappa shape index (κ1) is 7.86. The van der Waals surface area contributed by atoms with Crippen LogP contribution in [0.3, 0.4) is 0 Å². The summed E-state index contributed by atoms with van der Waals surface area (Å²) < 4.78 is 4.46. The summed E-state index contributed by atoms with van der Waals surface area (Å²) in [4.78, 5) is 0. The average molecular weight is 157 g/mol. The van der Waals surface area contributed by atoms with Gasteiger partial charge in [0.2, 0.25) is 0 Å². The van der Waals surface area contributed by atoms with Crippen molar-refractivity contribution in [2.75, 3.05) is 0 Å². The van der Waals surface area contributed by atoms with Crippen molar-refractivity contribution < 1.29 is 0 Å². The van der Waals surface area contributed by atoms with Gasteiger partial charge in [0.15, 0.2) is 0 Å². The van der Waals surface area contributed by atoms with E-state index in [1.54, 1.807) is 0 Å². The molecule has 58 valence electrons. The van der Waals surface area contributed by atoms with Gasteiger partial charge in [0, 0.05) is 16.9 Å². The van der Waals surface area contributed by atoms with Gasteiger partial charge in [-0.15, -0.1) is 9.39 Å². The molecule has 0 spiro atoms. The SMILES string of the molecule is C=S1(=C)N=C(C)[C@@H](C)[C@H]1C. The molecule has 2 atom stereocenters. The van der Waals surface area contributed by atoms with E-state index in [0.717, 1.165) is 0 Å². The summed E-state index contributed by atoms with van der Waals surface area (Å²) in [6.07, 6.45) is 0. The van der Waals surface area contributed by atoms with E-state index < -0.39 is 9.39 Å². The molecule has 0 amide bonds. The molecule has 0 bridgehead atoms. The second-order valence-electron chi connectivity index (χ2n) is 3.13. The van der Waals surface area contributed by atoms with Crippen LogP contribution in [0.15, 0.2) is 4.40 Å². The van der Waals surface area contributed by atoms with Gasteiger partial charge in [0.1, 0.15) is 0 Å². The van der Waals surface area contributed by atoms with Crippen LogP contribution in [0.4, 0.5) is 0 Å². The molecular weight excluding hydrogens is 142 g/mol. The quantitative estimate of drug-likeness (QED) is 0.477. The topological polar surface area (TPSA) is 12.4 Å². The van der Waals surface area contributed by atoms with Gasteiger partial charge in [0.05, 0.1) is 0 Å². The van der Waals surface area contributed by atoms with Crippen molar-refractivity contribution in [2.24, 2.45) is 10.3 Å². The molecule has 0 saturated carbocycles. The summed E-state index contributed by atoms with van der Waals surface area (Å²) >= 11 is 0. The Kier molecular flexibility index (Phi) is 1.67. The number of hydrogen-bond acceptors (Lipinski definition) is 1. The summed E-state index contributed by atoms with van der Waals surface area (Å²) in [5.74, 6) is 8.66. The van der Waals surface area contributed by atoms with Gasteiger partial charge in [-0.25, -0.2) is 4.40 Å². The van der Waals surface area contributed by atoms with E-state index in [0.29, 0.717) is 11.2 Å². The lowest BCUT2D eigenvalue weighted by atomic mass is 10.0. The molecule has 1 rings (SSSR count). The van der Waals surface area contributed by atoms with E-state index in [9.17, 15) is 0 Å². The Morgan fingerprint density at radius 3 is 2.00 bits per heavy atom. The molecule has 0 radical (unpaired) electrons. The van der Waals surface area contributed by atoms with E-state index in [4.69, 9.17) is 0 Å². The molecule has 0 aromatic carbocycles. The van der Waals surface area contributed by atoms with E-state index in [1.807, 2.05) is 0 Å². The van der Waals surface area contributed by atoms with Crippen LogP contribution in [-0.4, -0.2) is 22.7 Å². The van der Waals surface area contributed by atoms with Crippen molar-refractivity contribution in [1.82, 2.24) is 0 Å². The first-order valence-corrected chi connectivity index (χ1v) is 5.49. The van der Waals surface area contributed by atoms with Crippen LogP contribution >= 0.6 is 9.39 Å². The normalized spacial score (nSPS) is 37.7. The Morgan fingerprint density at radius 2 is 1.90 bits per heavy atom. The summed E-state index contributed by atoms with van der Waals surface area (Å²) in [7, 11) is -1.14. The van der Waals surface area contributed by atoms with Gasteiger partial charge in [-0.3, -0.25) is 0 Å². The summed E-state index contributed by atoms with van der Waals surface area (Å²) in [6, 6.07) is 0. The van der Waals surface area contributed by atoms with Gasteiger partial charge in [-0.05, 0) is 6.92 Å². The maximum atomic E-state index is 4.46. The second-order valence-corrected chi connectivity index (χ2v) is 5.86. The predicted octanol–water partition coefficient (Wildman–Crippen LogP) is 2.07. The van der Waals surface area contributed by atoms with Crippen LogP contribution in [0.25, 0.3) is 0 Å². The van der Waals surface area contributed by atoms with Crippen LogP contribution in [0.1, 0.15) is 20.8 Å². The molecular formula is C8H15NS. The molecule has 0 saturated heterocycles. The Labute approximate surface area is 63.8 Å². The van der Waals surface area contributed by atoms with Gasteiger partial charge in [-0.1, -0.05) is 25.6 Å². The maximum absolute atomic E-state index is 4.46. The minimum Gasteiger partial charge on any atom is -0.240 e. The van der Waals surface area contributed by atoms with E-state index >= 15 is 0 Å². The van der Waals surface area contributed by atoms with E-state index in [1.165, 1.54) is 5.71 Å². The third-order valence-corrected chi connectivity index (χ3v) is 4.82. The molecule has 1 nitrogen and oxygen atoms in total. The molecule has 1 aliphatic heterocycles. The Balaban J connectivity index is 3.11. The molecule has 1 aliphatic rings. The van der Waals surface area contributed by atoms with Crippen molar-refractivity contribution in [3.8, 4) is 0 Å². The molecule has 10 heavy (non-hydrogen) atoms. The van der Waals surface area contributed by atoms with Crippen LogP contribution < -0.4 is 0 Å². The largest absolute Gasteiger partial charge is 0.240 e. The molecule has 0 aliphatic carbocycles. The molecule has 2 heteroatoms. The lowest BCUT2D eigenvalue weighted by molar-refractivity contribution is 0.770. The molecule has 0 aromatic rings. The maximum Gasteiger partial charge on any atom is 0.0258 e. The van der Waals surface area contributed by atoms with Crippen LogP contribution in [0.5, 0.6) is 0 Å². The minimum absolute atomic E-state index is 0.562. The summed E-state index contributed by atoms with van der Waals surface area (Å²) in [5.41, 5.74) is 1.23. The molecule has 1 heterocycles. The zero-order valence-corrected chi connectivity index (χ0v) is 7.74. The second kappa shape index (κ2) is 2.12. The first-order valence-electron chi connectivity index (χ1n) is 3.50. The third kappa shape index (κ3) is 1.01. The molecule has 0 unspecified atom stereocenters. The van der Waals surface area contributed by atoms with Gasteiger partial charge in [-0.2, -0.15) is 0 Å². The number of rotatable bonds is 0. The molecule has 0 N–H and O–H groups in total. The Morgan fingerprint density at radius 1 is 1.40 bits per heavy atom. The van der Waals surface area contributed by atoms with E-state index in [2.05, 4.69) is 36.9 Å². The highest BCUT2D eigenvalue weighted by Crippen LogP contribution is 2.40. The van der Waals surface area contributed by atoms with Crippen LogP contribution in [0.2, 0.25) is 0 Å². The lowest BCUT2D eigenvalue weighted by Gasteiger charge is -2.13. The van der Waals surface area contributed by atoms with E-state index in [-0.39, 0.29) is 0 Å².